The van der Waals surface area contributed by atoms with Crippen LogP contribution in [0, 0.1) is 17.0 Å². The van der Waals surface area contributed by atoms with Crippen LogP contribution in [0.25, 0.3) is 10.2 Å². The maximum absolute atomic E-state index is 12.7. The molecule has 1 aliphatic heterocycles. The molecule has 7 nitrogen and oxygen atoms in total. The maximum atomic E-state index is 12.7. The monoisotopic (exact) mass is 410 g/mol. The quantitative estimate of drug-likeness (QED) is 0.487. The second kappa shape index (κ2) is 8.26. The number of hydrogen-bond acceptors (Lipinski definition) is 6. The number of carbonyl (C=O) groups is 1. The van der Waals surface area contributed by atoms with Crippen LogP contribution >= 0.6 is 11.3 Å². The summed E-state index contributed by atoms with van der Waals surface area (Å²) in [6.07, 6.45) is 3.14. The van der Waals surface area contributed by atoms with Crippen molar-refractivity contribution in [2.24, 2.45) is 0 Å². The van der Waals surface area contributed by atoms with Crippen LogP contribution in [0.2, 0.25) is 0 Å². The Morgan fingerprint density at radius 2 is 2.14 bits per heavy atom. The van der Waals surface area contributed by atoms with E-state index in [9.17, 15) is 14.9 Å². The molecule has 0 aliphatic carbocycles. The van der Waals surface area contributed by atoms with E-state index >= 15 is 0 Å². The fourth-order valence-corrected chi connectivity index (χ4v) is 4.86. The number of rotatable bonds is 5. The molecule has 1 atom stereocenters. The lowest BCUT2D eigenvalue weighted by molar-refractivity contribution is -0.384. The van der Waals surface area contributed by atoms with E-state index in [2.05, 4.69) is 16.3 Å². The van der Waals surface area contributed by atoms with Crippen LogP contribution in [0.5, 0.6) is 0 Å². The van der Waals surface area contributed by atoms with E-state index in [1.165, 1.54) is 12.1 Å². The van der Waals surface area contributed by atoms with Gasteiger partial charge >= 0.3 is 0 Å². The summed E-state index contributed by atoms with van der Waals surface area (Å²) in [5, 5.41) is 14.9. The Morgan fingerprint density at radius 1 is 1.31 bits per heavy atom. The van der Waals surface area contributed by atoms with Gasteiger partial charge in [0.2, 0.25) is 5.91 Å². The van der Waals surface area contributed by atoms with Crippen molar-refractivity contribution < 1.29 is 9.72 Å². The zero-order chi connectivity index (χ0) is 20.4. The first kappa shape index (κ1) is 19.5. The molecule has 1 aliphatic rings. The molecule has 0 saturated carbocycles. The Bertz CT molecular complexity index is 1030. The molecule has 29 heavy (non-hydrogen) atoms. The Balaban J connectivity index is 1.50. The number of fused-ring (bicyclic) bond motifs is 1. The van der Waals surface area contributed by atoms with Gasteiger partial charge in [-0.15, -0.1) is 11.3 Å². The molecule has 0 spiro atoms. The lowest BCUT2D eigenvalue weighted by atomic mass is 10.0. The van der Waals surface area contributed by atoms with E-state index in [1.54, 1.807) is 17.4 Å². The molecule has 1 saturated heterocycles. The third kappa shape index (κ3) is 4.28. The predicted octanol–water partition coefficient (Wildman–Crippen LogP) is 4.68. The summed E-state index contributed by atoms with van der Waals surface area (Å²) >= 11 is 1.69. The van der Waals surface area contributed by atoms with Crippen LogP contribution in [-0.2, 0) is 4.79 Å². The first-order chi connectivity index (χ1) is 14.0. The lowest BCUT2D eigenvalue weighted by Gasteiger charge is -2.33. The summed E-state index contributed by atoms with van der Waals surface area (Å²) in [5.74, 6) is -0.165. The summed E-state index contributed by atoms with van der Waals surface area (Å²) in [5.41, 5.74) is 2.24. The second-order valence-electron chi connectivity index (χ2n) is 7.31. The number of nitro groups is 1. The van der Waals surface area contributed by atoms with Crippen molar-refractivity contribution in [1.29, 1.82) is 0 Å². The Morgan fingerprint density at radius 3 is 2.93 bits per heavy atom. The number of likely N-dealkylation sites (tertiary alicyclic amines) is 1. The third-order valence-corrected chi connectivity index (χ3v) is 6.40. The zero-order valence-electron chi connectivity index (χ0n) is 16.1. The highest BCUT2D eigenvalue weighted by molar-refractivity contribution is 7.18. The molecular weight excluding hydrogens is 388 g/mol. The van der Waals surface area contributed by atoms with E-state index < -0.39 is 4.92 Å². The number of nitrogens with zero attached hydrogens (tertiary/aromatic N) is 3. The standard InChI is InChI=1S/C21H22N4O3S/c1-14-9-10-15(25(27)28)12-17(14)22-20(26)13-24-11-5-4-7-18(24)21-23-16-6-2-3-8-19(16)29-21/h2-3,6,8-10,12,18H,4-5,7,11,13H2,1H3,(H,22,26)/t18-/m0/s1. The van der Waals surface area contributed by atoms with Gasteiger partial charge in [-0.3, -0.25) is 19.8 Å². The molecule has 150 valence electrons. The van der Waals surface area contributed by atoms with Gasteiger partial charge in [0.15, 0.2) is 0 Å². The second-order valence-corrected chi connectivity index (χ2v) is 8.37. The number of nitrogens with one attached hydrogen (secondary N) is 1. The molecule has 1 N–H and O–H groups in total. The van der Waals surface area contributed by atoms with Crippen molar-refractivity contribution in [3.8, 4) is 0 Å². The van der Waals surface area contributed by atoms with Crippen LogP contribution in [0.3, 0.4) is 0 Å². The van der Waals surface area contributed by atoms with E-state index in [0.717, 1.165) is 46.6 Å². The van der Waals surface area contributed by atoms with E-state index in [-0.39, 0.29) is 24.2 Å². The summed E-state index contributed by atoms with van der Waals surface area (Å²) in [6.45, 7) is 2.90. The molecular formula is C21H22N4O3S. The minimum absolute atomic E-state index is 0.0313. The molecule has 8 heteroatoms. The van der Waals surface area contributed by atoms with Crippen molar-refractivity contribution >= 4 is 38.8 Å². The third-order valence-electron chi connectivity index (χ3n) is 5.26. The molecule has 0 bridgehead atoms. The number of aryl methyl sites for hydroxylation is 1. The summed E-state index contributed by atoms with van der Waals surface area (Å²) in [7, 11) is 0. The average molecular weight is 410 g/mol. The van der Waals surface area contributed by atoms with Gasteiger partial charge in [-0.2, -0.15) is 0 Å². The fraction of sp³-hybridized carbons (Fsp3) is 0.333. The fourth-order valence-electron chi connectivity index (χ4n) is 3.72. The summed E-state index contributed by atoms with van der Waals surface area (Å²) < 4.78 is 1.16. The number of nitro benzene ring substituents is 1. The van der Waals surface area contributed by atoms with Crippen LogP contribution in [-0.4, -0.2) is 33.8 Å². The molecule has 1 aromatic heterocycles. The molecule has 3 aromatic rings. The minimum Gasteiger partial charge on any atom is -0.324 e. The van der Waals surface area contributed by atoms with Gasteiger partial charge in [-0.05, 0) is 44.0 Å². The van der Waals surface area contributed by atoms with Crippen molar-refractivity contribution in [2.45, 2.75) is 32.2 Å². The van der Waals surface area contributed by atoms with Gasteiger partial charge in [0.25, 0.3) is 5.69 Å². The summed E-state index contributed by atoms with van der Waals surface area (Å²) in [4.78, 5) is 30.3. The van der Waals surface area contributed by atoms with Crippen molar-refractivity contribution in [2.75, 3.05) is 18.4 Å². The predicted molar refractivity (Wildman–Crippen MR) is 114 cm³/mol. The molecule has 2 aromatic carbocycles. The number of amides is 1. The number of aromatic nitrogens is 1. The maximum Gasteiger partial charge on any atom is 0.271 e. The van der Waals surface area contributed by atoms with Crippen molar-refractivity contribution in [1.82, 2.24) is 9.88 Å². The first-order valence-electron chi connectivity index (χ1n) is 9.65. The summed E-state index contributed by atoms with van der Waals surface area (Å²) in [6, 6.07) is 12.7. The van der Waals surface area contributed by atoms with Gasteiger partial charge in [0.1, 0.15) is 5.01 Å². The van der Waals surface area contributed by atoms with Crippen LogP contribution in [0.4, 0.5) is 11.4 Å². The van der Waals surface area contributed by atoms with Gasteiger partial charge < -0.3 is 5.32 Å². The number of anilines is 1. The number of thiazole rings is 1. The van der Waals surface area contributed by atoms with Crippen LogP contribution in [0.1, 0.15) is 35.9 Å². The van der Waals surface area contributed by atoms with Gasteiger partial charge in [0, 0.05) is 12.1 Å². The van der Waals surface area contributed by atoms with Crippen LogP contribution in [0.15, 0.2) is 42.5 Å². The zero-order valence-corrected chi connectivity index (χ0v) is 16.9. The lowest BCUT2D eigenvalue weighted by Crippen LogP contribution is -2.39. The Kier molecular flexibility index (Phi) is 5.55. The van der Waals surface area contributed by atoms with Crippen LogP contribution < -0.4 is 5.32 Å². The topological polar surface area (TPSA) is 88.4 Å². The van der Waals surface area contributed by atoms with Crippen molar-refractivity contribution in [3.05, 3.63) is 63.1 Å². The Hall–Kier alpha value is -2.84. The SMILES string of the molecule is Cc1ccc([N+](=O)[O-])cc1NC(=O)CN1CCCC[C@H]1c1nc2ccccc2s1. The largest absolute Gasteiger partial charge is 0.324 e. The molecule has 1 fully saturated rings. The first-order valence-corrected chi connectivity index (χ1v) is 10.5. The van der Waals surface area contributed by atoms with Crippen molar-refractivity contribution in [3.63, 3.8) is 0 Å². The van der Waals surface area contributed by atoms with E-state index in [4.69, 9.17) is 4.98 Å². The number of piperidine rings is 1. The van der Waals surface area contributed by atoms with E-state index in [1.807, 2.05) is 25.1 Å². The highest BCUT2D eigenvalue weighted by Gasteiger charge is 2.28. The Labute approximate surface area is 172 Å². The molecule has 0 unspecified atom stereocenters. The smallest absolute Gasteiger partial charge is 0.271 e. The molecule has 4 rings (SSSR count). The minimum atomic E-state index is -0.455. The number of carbonyl (C=O) groups excluding carboxylic acids is 1. The number of hydrogen-bond donors (Lipinski definition) is 1. The van der Waals surface area contributed by atoms with Gasteiger partial charge in [-0.1, -0.05) is 24.6 Å². The van der Waals surface area contributed by atoms with Gasteiger partial charge in [-0.25, -0.2) is 4.98 Å². The number of para-hydroxylation sites is 1. The molecule has 2 heterocycles. The highest BCUT2D eigenvalue weighted by Crippen LogP contribution is 2.35. The average Bonchev–Trinajstić information content (AvgIpc) is 3.14. The number of non-ortho nitro benzene ring substituents is 1. The molecule has 0 radical (unpaired) electrons. The highest BCUT2D eigenvalue weighted by atomic mass is 32.1. The number of benzene rings is 2. The van der Waals surface area contributed by atoms with E-state index in [0.29, 0.717) is 5.69 Å². The molecule has 1 amide bonds. The van der Waals surface area contributed by atoms with Gasteiger partial charge in [0.05, 0.1) is 33.4 Å². The normalized spacial score (nSPS) is 17.3.